The van der Waals surface area contributed by atoms with Crippen LogP contribution < -0.4 is 11.1 Å². The first-order chi connectivity index (χ1) is 8.60. The first-order valence-corrected chi connectivity index (χ1v) is 6.40. The minimum Gasteiger partial charge on any atom is -0.364 e. The summed E-state index contributed by atoms with van der Waals surface area (Å²) in [5.41, 5.74) is 7.22. The van der Waals surface area contributed by atoms with Crippen molar-refractivity contribution in [2.24, 2.45) is 5.73 Å². The molecule has 0 radical (unpaired) electrons. The van der Waals surface area contributed by atoms with Crippen LogP contribution in [-0.2, 0) is 9.53 Å². The van der Waals surface area contributed by atoms with Crippen molar-refractivity contribution in [3.8, 4) is 0 Å². The maximum absolute atomic E-state index is 12.0. The molecule has 1 fully saturated rings. The molecule has 0 aliphatic carbocycles. The number of carbonyl (C=O) groups excluding carboxylic acids is 1. The molecule has 1 aliphatic rings. The Bertz CT molecular complexity index is 454. The van der Waals surface area contributed by atoms with Crippen molar-refractivity contribution in [3.63, 3.8) is 0 Å². The number of benzene rings is 1. The van der Waals surface area contributed by atoms with Crippen molar-refractivity contribution in [3.05, 3.63) is 28.8 Å². The number of nitrogens with one attached hydrogen (secondary N) is 1. The first kappa shape index (κ1) is 16.2. The highest BCUT2D eigenvalue weighted by atomic mass is 35.5. The lowest BCUT2D eigenvalue weighted by molar-refractivity contribution is -0.126. The van der Waals surface area contributed by atoms with Crippen LogP contribution in [0.15, 0.2) is 18.2 Å². The third-order valence-corrected chi connectivity index (χ3v) is 3.34. The molecule has 19 heavy (non-hydrogen) atoms. The summed E-state index contributed by atoms with van der Waals surface area (Å²) in [5.74, 6) is -0.114. The van der Waals surface area contributed by atoms with E-state index in [0.717, 1.165) is 24.1 Å². The van der Waals surface area contributed by atoms with Crippen LogP contribution >= 0.6 is 24.0 Å². The van der Waals surface area contributed by atoms with Gasteiger partial charge >= 0.3 is 0 Å². The maximum Gasteiger partial charge on any atom is 0.253 e. The molecule has 0 unspecified atom stereocenters. The van der Waals surface area contributed by atoms with Gasteiger partial charge in [0.2, 0.25) is 0 Å². The molecule has 0 bridgehead atoms. The molecule has 1 amide bonds. The summed E-state index contributed by atoms with van der Waals surface area (Å²) in [4.78, 5) is 12.0. The number of aryl methyl sites for hydroxylation is 1. The number of rotatable bonds is 3. The number of ether oxygens (including phenoxy) is 1. The molecule has 0 saturated carbocycles. The molecule has 6 heteroatoms. The third-order valence-electron chi connectivity index (χ3n) is 3.11. The molecule has 1 aliphatic heterocycles. The van der Waals surface area contributed by atoms with E-state index in [1.54, 1.807) is 12.1 Å². The van der Waals surface area contributed by atoms with Crippen LogP contribution in [0.1, 0.15) is 18.4 Å². The van der Waals surface area contributed by atoms with Crippen LogP contribution in [0.2, 0.25) is 5.02 Å². The molecular weight excluding hydrogens is 287 g/mol. The summed E-state index contributed by atoms with van der Waals surface area (Å²) in [5, 5.41) is 3.52. The molecule has 1 aromatic rings. The van der Waals surface area contributed by atoms with Crippen LogP contribution in [0.5, 0.6) is 0 Å². The largest absolute Gasteiger partial charge is 0.364 e. The minimum absolute atomic E-state index is 0. The number of anilines is 1. The van der Waals surface area contributed by atoms with Crippen molar-refractivity contribution in [1.29, 1.82) is 0 Å². The highest BCUT2D eigenvalue weighted by Crippen LogP contribution is 2.23. The van der Waals surface area contributed by atoms with Crippen molar-refractivity contribution in [2.75, 3.05) is 11.9 Å². The van der Waals surface area contributed by atoms with Crippen molar-refractivity contribution >= 4 is 35.6 Å². The number of hydrogen-bond donors (Lipinski definition) is 2. The lowest BCUT2D eigenvalue weighted by atomic mass is 10.1. The second-order valence-electron chi connectivity index (χ2n) is 4.51. The van der Waals surface area contributed by atoms with E-state index in [1.165, 1.54) is 0 Å². The third kappa shape index (κ3) is 4.08. The molecular formula is C13H18Cl2N2O2. The second-order valence-corrected chi connectivity index (χ2v) is 4.94. The van der Waals surface area contributed by atoms with E-state index < -0.39 is 6.10 Å². The second kappa shape index (κ2) is 7.10. The van der Waals surface area contributed by atoms with Gasteiger partial charge in [0, 0.05) is 17.3 Å². The summed E-state index contributed by atoms with van der Waals surface area (Å²) in [7, 11) is 0. The average molecular weight is 305 g/mol. The van der Waals surface area contributed by atoms with E-state index in [2.05, 4.69) is 5.32 Å². The Balaban J connectivity index is 0.00000180. The molecule has 1 aromatic carbocycles. The van der Waals surface area contributed by atoms with Crippen molar-refractivity contribution in [2.45, 2.75) is 32.0 Å². The summed E-state index contributed by atoms with van der Waals surface area (Å²) < 4.78 is 5.55. The first-order valence-electron chi connectivity index (χ1n) is 6.02. The topological polar surface area (TPSA) is 64.4 Å². The highest BCUT2D eigenvalue weighted by Gasteiger charge is 2.29. The Morgan fingerprint density at radius 3 is 2.84 bits per heavy atom. The zero-order chi connectivity index (χ0) is 13.1. The van der Waals surface area contributed by atoms with E-state index >= 15 is 0 Å². The van der Waals surface area contributed by atoms with Gasteiger partial charge in [-0.05, 0) is 43.5 Å². The van der Waals surface area contributed by atoms with Crippen LogP contribution in [-0.4, -0.2) is 24.7 Å². The predicted molar refractivity (Wildman–Crippen MR) is 79.0 cm³/mol. The summed E-state index contributed by atoms with van der Waals surface area (Å²) in [6, 6.07) is 5.36. The van der Waals surface area contributed by atoms with Gasteiger partial charge in [-0.15, -0.1) is 12.4 Å². The quantitative estimate of drug-likeness (QED) is 0.902. The zero-order valence-electron chi connectivity index (χ0n) is 10.7. The van der Waals surface area contributed by atoms with Crippen molar-refractivity contribution < 1.29 is 9.53 Å². The van der Waals surface area contributed by atoms with Crippen LogP contribution in [0.3, 0.4) is 0 Å². The molecule has 106 valence electrons. The highest BCUT2D eigenvalue weighted by molar-refractivity contribution is 6.30. The number of nitrogens with two attached hydrogens (primary N) is 1. The maximum atomic E-state index is 12.0. The summed E-state index contributed by atoms with van der Waals surface area (Å²) in [6.07, 6.45) is 1.18. The van der Waals surface area contributed by atoms with E-state index in [4.69, 9.17) is 22.1 Å². The predicted octanol–water partition coefficient (Wildman–Crippen LogP) is 2.52. The molecule has 2 rings (SSSR count). The van der Waals surface area contributed by atoms with E-state index in [9.17, 15) is 4.79 Å². The number of amides is 1. The molecule has 4 nitrogen and oxygen atoms in total. The number of halogens is 2. The van der Waals surface area contributed by atoms with Gasteiger partial charge in [-0.1, -0.05) is 11.6 Å². The Morgan fingerprint density at radius 2 is 2.26 bits per heavy atom. The van der Waals surface area contributed by atoms with Gasteiger partial charge in [0.1, 0.15) is 6.10 Å². The monoisotopic (exact) mass is 304 g/mol. The molecule has 0 aromatic heterocycles. The van der Waals surface area contributed by atoms with Crippen LogP contribution in [0.4, 0.5) is 5.69 Å². The zero-order valence-corrected chi connectivity index (χ0v) is 12.3. The minimum atomic E-state index is -0.395. The SMILES string of the molecule is Cc1cc(Cl)ccc1NC(=O)[C@@H]1CC[C@H](CN)O1.Cl. The number of hydrogen-bond acceptors (Lipinski definition) is 3. The Hall–Kier alpha value is -0.810. The van der Waals surface area contributed by atoms with Gasteiger partial charge < -0.3 is 15.8 Å². The van der Waals surface area contributed by atoms with Crippen LogP contribution in [0.25, 0.3) is 0 Å². The van der Waals surface area contributed by atoms with Crippen molar-refractivity contribution in [1.82, 2.24) is 0 Å². The van der Waals surface area contributed by atoms with Gasteiger partial charge in [-0.3, -0.25) is 4.79 Å². The van der Waals surface area contributed by atoms with Gasteiger partial charge in [0.25, 0.3) is 5.91 Å². The Labute approximate surface area is 124 Å². The standard InChI is InChI=1S/C13H17ClN2O2.ClH/c1-8-6-9(14)2-4-11(8)16-13(17)12-5-3-10(7-15)18-12;/h2,4,6,10,12H,3,5,7,15H2,1H3,(H,16,17);1H/t10-,12+;/m1./s1. The van der Waals surface area contributed by atoms with Gasteiger partial charge in [-0.25, -0.2) is 0 Å². The average Bonchev–Trinajstić information content (AvgIpc) is 2.81. The van der Waals surface area contributed by atoms with Gasteiger partial charge in [-0.2, -0.15) is 0 Å². The summed E-state index contributed by atoms with van der Waals surface area (Å²) in [6.45, 7) is 2.36. The Morgan fingerprint density at radius 1 is 1.53 bits per heavy atom. The van der Waals surface area contributed by atoms with Gasteiger partial charge in [0.05, 0.1) is 6.10 Å². The van der Waals surface area contributed by atoms with E-state index in [0.29, 0.717) is 11.6 Å². The fourth-order valence-corrected chi connectivity index (χ4v) is 2.28. The molecule has 0 spiro atoms. The van der Waals surface area contributed by atoms with E-state index in [-0.39, 0.29) is 24.4 Å². The Kier molecular flexibility index (Phi) is 6.07. The summed E-state index contributed by atoms with van der Waals surface area (Å²) >= 11 is 5.87. The smallest absolute Gasteiger partial charge is 0.253 e. The lowest BCUT2D eigenvalue weighted by Gasteiger charge is -2.14. The molecule has 1 saturated heterocycles. The lowest BCUT2D eigenvalue weighted by Crippen LogP contribution is -2.30. The molecule has 2 atom stereocenters. The normalized spacial score (nSPS) is 21.8. The number of carbonyl (C=O) groups is 1. The fourth-order valence-electron chi connectivity index (χ4n) is 2.05. The van der Waals surface area contributed by atoms with E-state index in [1.807, 2.05) is 13.0 Å². The molecule has 3 N–H and O–H groups in total. The fraction of sp³-hybridized carbons (Fsp3) is 0.462. The molecule has 1 heterocycles. The van der Waals surface area contributed by atoms with Crippen LogP contribution in [0, 0.1) is 6.92 Å². The van der Waals surface area contributed by atoms with Gasteiger partial charge in [0.15, 0.2) is 0 Å².